The van der Waals surface area contributed by atoms with Crippen molar-refractivity contribution in [3.63, 3.8) is 0 Å². The molecule has 0 fully saturated rings. The first-order chi connectivity index (χ1) is 8.84. The summed E-state index contributed by atoms with van der Waals surface area (Å²) >= 11 is 0. The van der Waals surface area contributed by atoms with Crippen molar-refractivity contribution in [2.75, 3.05) is 0 Å². The first-order valence-corrected chi connectivity index (χ1v) is 7.98. The third-order valence-corrected chi connectivity index (χ3v) is 3.16. The normalized spacial score (nSPS) is 15.4. The second-order valence-corrected chi connectivity index (χ2v) is 8.34. The van der Waals surface area contributed by atoms with Crippen molar-refractivity contribution in [2.45, 2.75) is 94.2 Å². The van der Waals surface area contributed by atoms with Crippen LogP contribution in [-0.2, 0) is 0 Å². The quantitative estimate of drug-likeness (QED) is 0.589. The van der Waals surface area contributed by atoms with Gasteiger partial charge in [0, 0.05) is 23.5 Å². The zero-order valence-corrected chi connectivity index (χ0v) is 15.5. The van der Waals surface area contributed by atoms with Gasteiger partial charge in [-0.15, -0.1) is 0 Å². The molecule has 20 heavy (non-hydrogen) atoms. The fourth-order valence-corrected chi connectivity index (χ4v) is 2.13. The van der Waals surface area contributed by atoms with Crippen LogP contribution in [0.25, 0.3) is 0 Å². The average molecular weight is 280 g/mol. The third kappa shape index (κ3) is 7.81. The SMILES string of the molecule is CC(C)N=C(CCC(=NC(C)C)C(C)(C)C)C(C)(C)C. The van der Waals surface area contributed by atoms with E-state index >= 15 is 0 Å². The van der Waals surface area contributed by atoms with Crippen LogP contribution >= 0.6 is 0 Å². The van der Waals surface area contributed by atoms with Gasteiger partial charge >= 0.3 is 0 Å². The van der Waals surface area contributed by atoms with E-state index in [4.69, 9.17) is 9.98 Å². The van der Waals surface area contributed by atoms with Gasteiger partial charge in [-0.3, -0.25) is 9.98 Å². The lowest BCUT2D eigenvalue weighted by atomic mass is 9.82. The van der Waals surface area contributed by atoms with E-state index in [-0.39, 0.29) is 10.8 Å². The zero-order chi connectivity index (χ0) is 16.1. The summed E-state index contributed by atoms with van der Waals surface area (Å²) in [5.41, 5.74) is 2.91. The van der Waals surface area contributed by atoms with Crippen molar-refractivity contribution in [1.29, 1.82) is 0 Å². The van der Waals surface area contributed by atoms with Gasteiger partial charge in [-0.25, -0.2) is 0 Å². The highest BCUT2D eigenvalue weighted by Crippen LogP contribution is 2.25. The van der Waals surface area contributed by atoms with Crippen molar-refractivity contribution in [3.05, 3.63) is 0 Å². The van der Waals surface area contributed by atoms with Gasteiger partial charge in [0.25, 0.3) is 0 Å². The molecular weight excluding hydrogens is 244 g/mol. The maximum atomic E-state index is 4.84. The molecule has 0 radical (unpaired) electrons. The van der Waals surface area contributed by atoms with Gasteiger partial charge in [0.2, 0.25) is 0 Å². The number of hydrogen-bond acceptors (Lipinski definition) is 2. The number of hydrogen-bond donors (Lipinski definition) is 0. The van der Waals surface area contributed by atoms with Gasteiger partial charge in [0.1, 0.15) is 0 Å². The van der Waals surface area contributed by atoms with Crippen LogP contribution in [-0.4, -0.2) is 23.5 Å². The Bertz CT molecular complexity index is 311. The fraction of sp³-hybridized carbons (Fsp3) is 0.889. The van der Waals surface area contributed by atoms with Gasteiger partial charge in [-0.05, 0) is 51.4 Å². The predicted molar refractivity (Wildman–Crippen MR) is 93.3 cm³/mol. The van der Waals surface area contributed by atoms with Gasteiger partial charge in [-0.2, -0.15) is 0 Å². The molecule has 0 aliphatic carbocycles. The second-order valence-electron chi connectivity index (χ2n) is 8.34. The Balaban J connectivity index is 5.09. The summed E-state index contributed by atoms with van der Waals surface area (Å²) in [6.07, 6.45) is 2.04. The molecule has 0 heterocycles. The molecule has 0 aromatic heterocycles. The van der Waals surface area contributed by atoms with Crippen LogP contribution < -0.4 is 0 Å². The van der Waals surface area contributed by atoms with E-state index in [1.165, 1.54) is 11.4 Å². The third-order valence-electron chi connectivity index (χ3n) is 3.16. The summed E-state index contributed by atoms with van der Waals surface area (Å²) < 4.78 is 0. The van der Waals surface area contributed by atoms with Crippen LogP contribution in [0.1, 0.15) is 82.1 Å². The van der Waals surface area contributed by atoms with Crippen molar-refractivity contribution in [3.8, 4) is 0 Å². The molecule has 0 aliphatic heterocycles. The summed E-state index contributed by atoms with van der Waals surface area (Å²) in [7, 11) is 0. The van der Waals surface area contributed by atoms with E-state index in [2.05, 4.69) is 69.2 Å². The molecule has 2 nitrogen and oxygen atoms in total. The highest BCUT2D eigenvalue weighted by molar-refractivity contribution is 5.96. The molecular formula is C18H36N2. The summed E-state index contributed by atoms with van der Waals surface area (Å²) in [4.78, 5) is 9.69. The molecule has 0 atom stereocenters. The zero-order valence-electron chi connectivity index (χ0n) is 15.5. The molecule has 0 bridgehead atoms. The Morgan fingerprint density at radius 3 is 1.05 bits per heavy atom. The predicted octanol–water partition coefficient (Wildman–Crippen LogP) is 5.56. The van der Waals surface area contributed by atoms with E-state index in [0.717, 1.165) is 12.8 Å². The number of nitrogens with zero attached hydrogens (tertiary/aromatic N) is 2. The molecule has 0 N–H and O–H groups in total. The molecule has 0 spiro atoms. The topological polar surface area (TPSA) is 24.7 Å². The summed E-state index contributed by atoms with van der Waals surface area (Å²) in [5.74, 6) is 0. The maximum absolute atomic E-state index is 4.84. The maximum Gasteiger partial charge on any atom is 0.0442 e. The van der Waals surface area contributed by atoms with E-state index in [9.17, 15) is 0 Å². The lowest BCUT2D eigenvalue weighted by Crippen LogP contribution is -2.27. The summed E-state index contributed by atoms with van der Waals surface area (Å²) in [6, 6.07) is 0.730. The molecule has 2 heteroatoms. The van der Waals surface area contributed by atoms with Crippen LogP contribution in [0.3, 0.4) is 0 Å². The molecule has 0 unspecified atom stereocenters. The van der Waals surface area contributed by atoms with E-state index in [1.807, 2.05) is 0 Å². The number of rotatable bonds is 5. The minimum Gasteiger partial charge on any atom is -0.291 e. The molecule has 0 aromatic carbocycles. The Morgan fingerprint density at radius 1 is 0.650 bits per heavy atom. The summed E-state index contributed by atoms with van der Waals surface area (Å²) in [6.45, 7) is 22.1. The first kappa shape index (κ1) is 19.3. The molecule has 0 saturated heterocycles. The van der Waals surface area contributed by atoms with Crippen LogP contribution in [0.5, 0.6) is 0 Å². The van der Waals surface area contributed by atoms with Crippen LogP contribution in [0, 0.1) is 10.8 Å². The Morgan fingerprint density at radius 2 is 0.900 bits per heavy atom. The second kappa shape index (κ2) is 7.38. The largest absolute Gasteiger partial charge is 0.291 e. The lowest BCUT2D eigenvalue weighted by Gasteiger charge is -2.27. The molecule has 0 rings (SSSR count). The van der Waals surface area contributed by atoms with Gasteiger partial charge in [0.15, 0.2) is 0 Å². The van der Waals surface area contributed by atoms with Gasteiger partial charge in [-0.1, -0.05) is 41.5 Å². The molecule has 0 aliphatic rings. The fourth-order valence-electron chi connectivity index (χ4n) is 2.13. The van der Waals surface area contributed by atoms with Gasteiger partial charge in [0.05, 0.1) is 0 Å². The van der Waals surface area contributed by atoms with Crippen LogP contribution in [0.4, 0.5) is 0 Å². The van der Waals surface area contributed by atoms with Crippen LogP contribution in [0.15, 0.2) is 9.98 Å². The minimum atomic E-state index is 0.144. The van der Waals surface area contributed by atoms with Crippen molar-refractivity contribution in [1.82, 2.24) is 0 Å². The van der Waals surface area contributed by atoms with Crippen molar-refractivity contribution >= 4 is 11.4 Å². The standard InChI is InChI=1S/C18H36N2/c1-13(2)19-15(17(5,6)7)11-12-16(18(8,9)10)20-14(3)4/h13-14H,11-12H2,1-10H3. The molecule has 0 saturated carbocycles. The van der Waals surface area contributed by atoms with Crippen molar-refractivity contribution in [2.24, 2.45) is 20.8 Å². The summed E-state index contributed by atoms with van der Waals surface area (Å²) in [5, 5.41) is 0. The lowest BCUT2D eigenvalue weighted by molar-refractivity contribution is 0.553. The Hall–Kier alpha value is -0.660. The Labute approximate surface area is 127 Å². The minimum absolute atomic E-state index is 0.144. The highest BCUT2D eigenvalue weighted by Gasteiger charge is 2.23. The van der Waals surface area contributed by atoms with Gasteiger partial charge < -0.3 is 0 Å². The average Bonchev–Trinajstić information content (AvgIpc) is 2.17. The highest BCUT2D eigenvalue weighted by atomic mass is 14.8. The monoisotopic (exact) mass is 280 g/mol. The van der Waals surface area contributed by atoms with Crippen molar-refractivity contribution < 1.29 is 0 Å². The van der Waals surface area contributed by atoms with E-state index in [0.29, 0.717) is 12.1 Å². The van der Waals surface area contributed by atoms with E-state index < -0.39 is 0 Å². The first-order valence-electron chi connectivity index (χ1n) is 7.98. The Kier molecular flexibility index (Phi) is 7.13. The number of aliphatic imine (C=N–C) groups is 2. The smallest absolute Gasteiger partial charge is 0.0442 e. The molecule has 0 aromatic rings. The van der Waals surface area contributed by atoms with E-state index in [1.54, 1.807) is 0 Å². The molecule has 0 amide bonds. The molecule has 118 valence electrons. The van der Waals surface area contributed by atoms with Crippen LogP contribution in [0.2, 0.25) is 0 Å².